The number of amides is 1. The van der Waals surface area contributed by atoms with Crippen LogP contribution in [0.25, 0.3) is 0 Å². The number of Topliss-reactive ketones (excluding diaryl/α,β-unsaturated/α-hetero) is 1. The Labute approximate surface area is 186 Å². The van der Waals surface area contributed by atoms with Crippen molar-refractivity contribution < 1.29 is 22.4 Å². The first kappa shape index (κ1) is 22.1. The standard InChI is InChI=1S/C23H24FN3O4S/c1-23(2,3)21-20(28)19(22(29)27(21)11-13-4-6-14(24)7-5-13)17-12-32(30,31)18-10-15(25)8-9-16(18)26-17/h4-10,19,21H,11-12,25H2,1-3H3/t19?,21-/m1/s1. The molecule has 1 saturated heterocycles. The number of nitrogens with zero attached hydrogens (tertiary/aromatic N) is 2. The lowest BCUT2D eigenvalue weighted by Gasteiger charge is -2.33. The molecule has 2 heterocycles. The van der Waals surface area contributed by atoms with Gasteiger partial charge in [0.2, 0.25) is 5.91 Å². The number of nitrogens with two attached hydrogens (primary N) is 1. The van der Waals surface area contributed by atoms with Gasteiger partial charge < -0.3 is 10.6 Å². The van der Waals surface area contributed by atoms with Crippen molar-refractivity contribution in [2.24, 2.45) is 16.3 Å². The van der Waals surface area contributed by atoms with Crippen LogP contribution in [0.1, 0.15) is 26.3 Å². The van der Waals surface area contributed by atoms with Gasteiger partial charge in [-0.3, -0.25) is 14.6 Å². The third-order valence-corrected chi connectivity index (χ3v) is 7.41. The number of hydrogen-bond donors (Lipinski definition) is 1. The molecule has 32 heavy (non-hydrogen) atoms. The predicted octanol–water partition coefficient (Wildman–Crippen LogP) is 2.91. The molecule has 9 heteroatoms. The molecule has 2 N–H and O–H groups in total. The van der Waals surface area contributed by atoms with Gasteiger partial charge >= 0.3 is 0 Å². The van der Waals surface area contributed by atoms with E-state index in [1.807, 2.05) is 20.8 Å². The summed E-state index contributed by atoms with van der Waals surface area (Å²) in [4.78, 5) is 32.8. The maximum atomic E-state index is 13.5. The van der Waals surface area contributed by atoms with Crippen molar-refractivity contribution in [3.05, 3.63) is 53.8 Å². The minimum Gasteiger partial charge on any atom is -0.399 e. The van der Waals surface area contributed by atoms with E-state index >= 15 is 0 Å². The summed E-state index contributed by atoms with van der Waals surface area (Å²) in [7, 11) is -3.81. The van der Waals surface area contributed by atoms with Gasteiger partial charge in [0.25, 0.3) is 0 Å². The van der Waals surface area contributed by atoms with E-state index in [0.717, 1.165) is 0 Å². The molecule has 1 fully saturated rings. The molecule has 2 aliphatic rings. The van der Waals surface area contributed by atoms with Gasteiger partial charge in [0.15, 0.2) is 15.6 Å². The topological polar surface area (TPSA) is 110 Å². The third kappa shape index (κ3) is 3.81. The van der Waals surface area contributed by atoms with Crippen LogP contribution in [0.5, 0.6) is 0 Å². The Kier molecular flexibility index (Phi) is 5.20. The van der Waals surface area contributed by atoms with Crippen LogP contribution in [0.3, 0.4) is 0 Å². The van der Waals surface area contributed by atoms with Gasteiger partial charge in [-0.05, 0) is 41.3 Å². The predicted molar refractivity (Wildman–Crippen MR) is 119 cm³/mol. The number of anilines is 1. The number of sulfone groups is 1. The van der Waals surface area contributed by atoms with Gasteiger partial charge in [-0.1, -0.05) is 32.9 Å². The number of aliphatic imine (C=N–C) groups is 1. The number of likely N-dealkylation sites (tertiary alicyclic amines) is 1. The Balaban J connectivity index is 1.76. The number of nitrogen functional groups attached to an aromatic ring is 1. The maximum Gasteiger partial charge on any atom is 0.239 e. The smallest absolute Gasteiger partial charge is 0.239 e. The highest BCUT2D eigenvalue weighted by Gasteiger charge is 2.54. The molecular weight excluding hydrogens is 433 g/mol. The Morgan fingerprint density at radius 3 is 2.41 bits per heavy atom. The summed E-state index contributed by atoms with van der Waals surface area (Å²) in [6, 6.07) is 9.27. The van der Waals surface area contributed by atoms with Crippen LogP contribution in [0.4, 0.5) is 15.8 Å². The molecule has 2 atom stereocenters. The highest BCUT2D eigenvalue weighted by molar-refractivity contribution is 7.92. The van der Waals surface area contributed by atoms with E-state index in [0.29, 0.717) is 5.56 Å². The summed E-state index contributed by atoms with van der Waals surface area (Å²) in [6.07, 6.45) is 0. The summed E-state index contributed by atoms with van der Waals surface area (Å²) in [6.45, 7) is 5.65. The van der Waals surface area contributed by atoms with Crippen molar-refractivity contribution in [1.82, 2.24) is 4.90 Å². The van der Waals surface area contributed by atoms with Crippen LogP contribution in [-0.2, 0) is 26.0 Å². The van der Waals surface area contributed by atoms with Crippen molar-refractivity contribution in [1.29, 1.82) is 0 Å². The Morgan fingerprint density at radius 1 is 1.12 bits per heavy atom. The molecule has 2 aromatic carbocycles. The van der Waals surface area contributed by atoms with E-state index in [1.165, 1.54) is 35.2 Å². The summed E-state index contributed by atoms with van der Waals surface area (Å²) >= 11 is 0. The number of benzene rings is 2. The third-order valence-electron chi connectivity index (χ3n) is 5.74. The number of halogens is 1. The van der Waals surface area contributed by atoms with Crippen molar-refractivity contribution in [2.45, 2.75) is 38.3 Å². The monoisotopic (exact) mass is 457 g/mol. The van der Waals surface area contributed by atoms with E-state index in [4.69, 9.17) is 5.73 Å². The fourth-order valence-electron chi connectivity index (χ4n) is 4.36. The SMILES string of the molecule is CC(C)(C)[C@H]1C(=O)C(C2=Nc3ccc(N)cc3S(=O)(=O)C2)C(=O)N1Cc1ccc(F)cc1. The van der Waals surface area contributed by atoms with E-state index in [1.54, 1.807) is 12.1 Å². The minimum atomic E-state index is -3.81. The second-order valence-electron chi connectivity index (χ2n) is 9.29. The lowest BCUT2D eigenvalue weighted by molar-refractivity contribution is -0.132. The summed E-state index contributed by atoms with van der Waals surface area (Å²) in [5.74, 6) is -3.07. The van der Waals surface area contributed by atoms with Gasteiger partial charge in [0.1, 0.15) is 11.7 Å². The second kappa shape index (κ2) is 7.51. The highest BCUT2D eigenvalue weighted by atomic mass is 32.2. The Hall–Kier alpha value is -3.07. The highest BCUT2D eigenvalue weighted by Crippen LogP contribution is 2.39. The summed E-state index contributed by atoms with van der Waals surface area (Å²) in [5, 5.41) is 0. The second-order valence-corrected chi connectivity index (χ2v) is 11.2. The van der Waals surface area contributed by atoms with Crippen LogP contribution in [0, 0.1) is 17.2 Å². The Morgan fingerprint density at radius 2 is 1.78 bits per heavy atom. The lowest BCUT2D eigenvalue weighted by Crippen LogP contribution is -2.44. The maximum absolute atomic E-state index is 13.5. The van der Waals surface area contributed by atoms with Crippen LogP contribution in [0.2, 0.25) is 0 Å². The zero-order valence-electron chi connectivity index (χ0n) is 18.0. The number of carbonyl (C=O) groups is 2. The first-order chi connectivity index (χ1) is 14.9. The molecule has 0 aliphatic carbocycles. The molecule has 0 spiro atoms. The molecule has 4 rings (SSSR count). The molecule has 168 valence electrons. The molecule has 2 aliphatic heterocycles. The van der Waals surface area contributed by atoms with Crippen LogP contribution < -0.4 is 5.73 Å². The fraction of sp³-hybridized carbons (Fsp3) is 0.348. The molecule has 7 nitrogen and oxygen atoms in total. The van der Waals surface area contributed by atoms with Crippen molar-refractivity contribution in [3.8, 4) is 0 Å². The van der Waals surface area contributed by atoms with E-state index < -0.39 is 44.7 Å². The number of carbonyl (C=O) groups excluding carboxylic acids is 2. The number of rotatable bonds is 3. The molecular formula is C23H24FN3O4S. The lowest BCUT2D eigenvalue weighted by atomic mass is 9.82. The summed E-state index contributed by atoms with van der Waals surface area (Å²) in [5.41, 5.74) is 6.27. The molecule has 0 radical (unpaired) electrons. The summed E-state index contributed by atoms with van der Waals surface area (Å²) < 4.78 is 39.1. The quantitative estimate of drug-likeness (QED) is 0.563. The molecule has 0 aromatic heterocycles. The largest absolute Gasteiger partial charge is 0.399 e. The fourth-order valence-corrected chi connectivity index (χ4v) is 5.89. The van der Waals surface area contributed by atoms with Crippen molar-refractivity contribution in [3.63, 3.8) is 0 Å². The van der Waals surface area contributed by atoms with Crippen LogP contribution >= 0.6 is 0 Å². The minimum absolute atomic E-state index is 0.00492. The van der Waals surface area contributed by atoms with Gasteiger partial charge in [0, 0.05) is 12.2 Å². The van der Waals surface area contributed by atoms with E-state index in [-0.39, 0.29) is 34.3 Å². The normalized spacial score (nSPS) is 22.6. The van der Waals surface area contributed by atoms with Gasteiger partial charge in [-0.25, -0.2) is 12.8 Å². The molecule has 0 bridgehead atoms. The molecule has 1 amide bonds. The van der Waals surface area contributed by atoms with Crippen molar-refractivity contribution in [2.75, 3.05) is 11.5 Å². The van der Waals surface area contributed by atoms with Crippen LogP contribution in [-0.4, -0.2) is 42.5 Å². The number of hydrogen-bond acceptors (Lipinski definition) is 6. The average Bonchev–Trinajstić information content (AvgIpc) is 2.93. The average molecular weight is 458 g/mol. The Bertz CT molecular complexity index is 1250. The zero-order valence-corrected chi connectivity index (χ0v) is 18.8. The van der Waals surface area contributed by atoms with E-state index in [9.17, 15) is 22.4 Å². The molecule has 0 saturated carbocycles. The molecule has 2 aromatic rings. The van der Waals surface area contributed by atoms with E-state index in [2.05, 4.69) is 4.99 Å². The van der Waals surface area contributed by atoms with Crippen molar-refractivity contribution >= 4 is 38.6 Å². The van der Waals surface area contributed by atoms with Crippen LogP contribution in [0.15, 0.2) is 52.4 Å². The number of fused-ring (bicyclic) bond motifs is 1. The first-order valence-corrected chi connectivity index (χ1v) is 11.8. The van der Waals surface area contributed by atoms with Gasteiger partial charge in [-0.2, -0.15) is 0 Å². The molecule has 1 unspecified atom stereocenters. The first-order valence-electron chi connectivity index (χ1n) is 10.2. The van der Waals surface area contributed by atoms with Gasteiger partial charge in [-0.15, -0.1) is 0 Å². The number of ketones is 1. The zero-order chi connectivity index (χ0) is 23.4. The van der Waals surface area contributed by atoms with Gasteiger partial charge in [0.05, 0.1) is 28.1 Å².